The van der Waals surface area contributed by atoms with Gasteiger partial charge in [-0.15, -0.1) is 0 Å². The third-order valence-electron chi connectivity index (χ3n) is 5.68. The van der Waals surface area contributed by atoms with E-state index in [1.54, 1.807) is 6.33 Å². The second-order valence-electron chi connectivity index (χ2n) is 7.48. The van der Waals surface area contributed by atoms with Gasteiger partial charge < -0.3 is 10.1 Å². The predicted octanol–water partition coefficient (Wildman–Crippen LogP) is 6.14. The molecule has 0 radical (unpaired) electrons. The maximum absolute atomic E-state index is 6.57. The van der Waals surface area contributed by atoms with Crippen LogP contribution in [0.2, 0.25) is 10.0 Å². The highest BCUT2D eigenvalue weighted by Crippen LogP contribution is 2.50. The van der Waals surface area contributed by atoms with Crippen molar-refractivity contribution in [2.45, 2.75) is 12.1 Å². The summed E-state index contributed by atoms with van der Waals surface area (Å²) >= 11 is 12.3. The van der Waals surface area contributed by atoms with Gasteiger partial charge in [-0.2, -0.15) is 10.1 Å². The fourth-order valence-corrected chi connectivity index (χ4v) is 4.55. The van der Waals surface area contributed by atoms with E-state index in [-0.39, 0.29) is 12.1 Å². The number of fused-ring (bicyclic) bond motifs is 3. The van der Waals surface area contributed by atoms with Gasteiger partial charge in [-0.25, -0.2) is 4.68 Å². The standard InChI is InChI=1S/C24H16Cl2N4O/c25-16-9-5-14(6-10-16)22-20-21(29-24-27-13-28-30(22)24)18-3-1-2-4-19(18)31-23(20)15-7-11-17(26)12-8-15/h1-13,22-23H,(H,27,28,29)/t22-,23-/m0/s1. The normalized spacial score (nSPS) is 19.0. The molecule has 1 N–H and O–H groups in total. The van der Waals surface area contributed by atoms with Gasteiger partial charge in [0.15, 0.2) is 0 Å². The number of nitrogens with zero attached hydrogens (tertiary/aromatic N) is 3. The summed E-state index contributed by atoms with van der Waals surface area (Å²) in [5, 5.41) is 9.39. The SMILES string of the molecule is Clc1ccc([C@@H]2Oc3ccccc3C3=C2[C@H](c2ccc(Cl)cc2)n2ncnc2N3)cc1. The Hall–Kier alpha value is -3.28. The first kappa shape index (κ1) is 18.5. The number of anilines is 1. The van der Waals surface area contributed by atoms with E-state index in [4.69, 9.17) is 27.9 Å². The van der Waals surface area contributed by atoms with Crippen molar-refractivity contribution in [3.8, 4) is 5.75 Å². The lowest BCUT2D eigenvalue weighted by Crippen LogP contribution is -2.32. The van der Waals surface area contributed by atoms with E-state index in [1.165, 1.54) is 0 Å². The average Bonchev–Trinajstić information content (AvgIpc) is 3.27. The van der Waals surface area contributed by atoms with Gasteiger partial charge >= 0.3 is 0 Å². The smallest absolute Gasteiger partial charge is 0.226 e. The molecule has 0 aliphatic carbocycles. The Balaban J connectivity index is 1.62. The van der Waals surface area contributed by atoms with E-state index < -0.39 is 0 Å². The molecule has 7 heteroatoms. The van der Waals surface area contributed by atoms with E-state index in [1.807, 2.05) is 71.4 Å². The lowest BCUT2D eigenvalue weighted by atomic mass is 9.84. The van der Waals surface area contributed by atoms with Crippen LogP contribution in [0.1, 0.15) is 28.8 Å². The molecule has 152 valence electrons. The number of hydrogen-bond acceptors (Lipinski definition) is 4. The molecule has 0 spiro atoms. The number of hydrogen-bond donors (Lipinski definition) is 1. The Morgan fingerprint density at radius 2 is 1.52 bits per heavy atom. The molecule has 31 heavy (non-hydrogen) atoms. The molecule has 0 amide bonds. The summed E-state index contributed by atoms with van der Waals surface area (Å²) in [6.07, 6.45) is 1.24. The summed E-state index contributed by atoms with van der Waals surface area (Å²) in [7, 11) is 0. The van der Waals surface area contributed by atoms with E-state index in [2.05, 4.69) is 21.5 Å². The van der Waals surface area contributed by atoms with Crippen LogP contribution < -0.4 is 10.1 Å². The minimum absolute atomic E-state index is 0.208. The number of ether oxygens (including phenoxy) is 1. The number of nitrogens with one attached hydrogen (secondary N) is 1. The maximum atomic E-state index is 6.57. The fraction of sp³-hybridized carbons (Fsp3) is 0.0833. The number of para-hydroxylation sites is 1. The zero-order chi connectivity index (χ0) is 20.9. The van der Waals surface area contributed by atoms with Gasteiger partial charge in [-0.3, -0.25) is 0 Å². The molecule has 0 unspecified atom stereocenters. The van der Waals surface area contributed by atoms with Gasteiger partial charge in [0.05, 0.1) is 5.70 Å². The largest absolute Gasteiger partial charge is 0.480 e. The molecular weight excluding hydrogens is 431 g/mol. The van der Waals surface area contributed by atoms with Crippen LogP contribution in [-0.4, -0.2) is 14.8 Å². The topological polar surface area (TPSA) is 52.0 Å². The van der Waals surface area contributed by atoms with Crippen LogP contribution in [0.25, 0.3) is 5.70 Å². The first-order valence-electron chi connectivity index (χ1n) is 9.86. The fourth-order valence-electron chi connectivity index (χ4n) is 4.30. The van der Waals surface area contributed by atoms with Gasteiger partial charge in [0, 0.05) is 21.2 Å². The molecule has 2 aliphatic rings. The first-order chi connectivity index (χ1) is 15.2. The first-order valence-corrected chi connectivity index (χ1v) is 10.6. The van der Waals surface area contributed by atoms with Crippen LogP contribution in [0.3, 0.4) is 0 Å². The van der Waals surface area contributed by atoms with Crippen molar-refractivity contribution in [2.75, 3.05) is 5.32 Å². The summed E-state index contributed by atoms with van der Waals surface area (Å²) in [5.41, 5.74) is 5.10. The molecule has 5 nitrogen and oxygen atoms in total. The molecular formula is C24H16Cl2N4O. The highest BCUT2D eigenvalue weighted by atomic mass is 35.5. The Labute approximate surface area is 188 Å². The molecule has 4 aromatic rings. The molecule has 0 saturated carbocycles. The molecule has 0 saturated heterocycles. The Morgan fingerprint density at radius 1 is 0.839 bits per heavy atom. The van der Waals surface area contributed by atoms with Gasteiger partial charge in [-0.1, -0.05) is 59.6 Å². The highest BCUT2D eigenvalue weighted by Gasteiger charge is 2.40. The van der Waals surface area contributed by atoms with Gasteiger partial charge in [0.2, 0.25) is 5.95 Å². The summed E-state index contributed by atoms with van der Waals surface area (Å²) in [4.78, 5) is 4.45. The van der Waals surface area contributed by atoms with Crippen molar-refractivity contribution in [1.82, 2.24) is 14.8 Å². The van der Waals surface area contributed by atoms with Crippen LogP contribution in [0, 0.1) is 0 Å². The van der Waals surface area contributed by atoms with Gasteiger partial charge in [-0.05, 0) is 47.5 Å². The minimum Gasteiger partial charge on any atom is -0.480 e. The van der Waals surface area contributed by atoms with E-state index in [0.29, 0.717) is 16.0 Å². The zero-order valence-electron chi connectivity index (χ0n) is 16.2. The quantitative estimate of drug-likeness (QED) is 0.401. The third kappa shape index (κ3) is 3.00. The average molecular weight is 447 g/mol. The third-order valence-corrected chi connectivity index (χ3v) is 6.18. The molecule has 2 atom stereocenters. The zero-order valence-corrected chi connectivity index (χ0v) is 17.7. The van der Waals surface area contributed by atoms with Crippen LogP contribution in [0.4, 0.5) is 5.95 Å². The van der Waals surface area contributed by atoms with E-state index in [0.717, 1.165) is 33.7 Å². The number of rotatable bonds is 2. The van der Waals surface area contributed by atoms with Gasteiger partial charge in [0.1, 0.15) is 24.2 Å². The van der Waals surface area contributed by atoms with Crippen molar-refractivity contribution < 1.29 is 4.74 Å². The van der Waals surface area contributed by atoms with Crippen molar-refractivity contribution in [3.05, 3.63) is 111 Å². The van der Waals surface area contributed by atoms with Crippen LogP contribution in [-0.2, 0) is 0 Å². The molecule has 0 bridgehead atoms. The van der Waals surface area contributed by atoms with Crippen LogP contribution in [0.15, 0.2) is 84.7 Å². The molecule has 3 aromatic carbocycles. The monoisotopic (exact) mass is 446 g/mol. The van der Waals surface area contributed by atoms with Crippen LogP contribution in [0.5, 0.6) is 5.75 Å². The number of halogens is 2. The summed E-state index contributed by atoms with van der Waals surface area (Å²) in [6, 6.07) is 23.4. The highest BCUT2D eigenvalue weighted by molar-refractivity contribution is 6.30. The molecule has 2 aliphatic heterocycles. The number of benzene rings is 3. The lowest BCUT2D eigenvalue weighted by Gasteiger charge is -2.39. The van der Waals surface area contributed by atoms with Crippen molar-refractivity contribution in [3.63, 3.8) is 0 Å². The molecule has 6 rings (SSSR count). The molecule has 1 aromatic heterocycles. The minimum atomic E-state index is -0.326. The molecule has 3 heterocycles. The Bertz CT molecular complexity index is 1310. The predicted molar refractivity (Wildman–Crippen MR) is 121 cm³/mol. The van der Waals surface area contributed by atoms with Crippen molar-refractivity contribution in [1.29, 1.82) is 0 Å². The van der Waals surface area contributed by atoms with Gasteiger partial charge in [0.25, 0.3) is 0 Å². The second kappa shape index (κ2) is 7.15. The lowest BCUT2D eigenvalue weighted by molar-refractivity contribution is 0.223. The Morgan fingerprint density at radius 3 is 2.26 bits per heavy atom. The van der Waals surface area contributed by atoms with Crippen molar-refractivity contribution in [2.24, 2.45) is 0 Å². The van der Waals surface area contributed by atoms with E-state index in [9.17, 15) is 0 Å². The second-order valence-corrected chi connectivity index (χ2v) is 8.36. The molecule has 0 fully saturated rings. The summed E-state index contributed by atoms with van der Waals surface area (Å²) < 4.78 is 8.46. The summed E-state index contributed by atoms with van der Waals surface area (Å²) in [6.45, 7) is 0. The van der Waals surface area contributed by atoms with Crippen LogP contribution >= 0.6 is 23.2 Å². The Kier molecular flexibility index (Phi) is 4.26. The van der Waals surface area contributed by atoms with E-state index >= 15 is 0 Å². The number of aromatic nitrogens is 3. The summed E-state index contributed by atoms with van der Waals surface area (Å²) in [5.74, 6) is 1.50. The van der Waals surface area contributed by atoms with Crippen molar-refractivity contribution >= 4 is 34.8 Å². The maximum Gasteiger partial charge on any atom is 0.226 e.